The summed E-state index contributed by atoms with van der Waals surface area (Å²) in [7, 11) is 1.45. The number of hydrogen-bond donors (Lipinski definition) is 0. The van der Waals surface area contributed by atoms with E-state index < -0.39 is 0 Å². The van der Waals surface area contributed by atoms with Gasteiger partial charge in [-0.1, -0.05) is 6.07 Å². The van der Waals surface area contributed by atoms with Gasteiger partial charge in [0.15, 0.2) is 0 Å². The van der Waals surface area contributed by atoms with Gasteiger partial charge in [-0.3, -0.25) is 9.69 Å². The molecule has 1 aromatic rings. The van der Waals surface area contributed by atoms with Crippen LogP contribution < -0.4 is 0 Å². The van der Waals surface area contributed by atoms with Gasteiger partial charge in [-0.15, -0.1) is 11.3 Å². The molecular weight excluding hydrogens is 248 g/mol. The Labute approximate surface area is 112 Å². The van der Waals surface area contributed by atoms with E-state index in [1.165, 1.54) is 12.0 Å². The predicted molar refractivity (Wildman–Crippen MR) is 72.7 cm³/mol. The predicted octanol–water partition coefficient (Wildman–Crippen LogP) is 1.43. The van der Waals surface area contributed by atoms with E-state index in [9.17, 15) is 4.79 Å². The molecule has 2 heterocycles. The Kier molecular flexibility index (Phi) is 5.16. The minimum atomic E-state index is -0.115. The molecule has 0 N–H and O–H groups in total. The summed E-state index contributed by atoms with van der Waals surface area (Å²) in [6, 6.07) is 4.29. The van der Waals surface area contributed by atoms with Crippen molar-refractivity contribution >= 4 is 17.3 Å². The first-order valence-corrected chi connectivity index (χ1v) is 7.20. The molecule has 0 unspecified atom stereocenters. The molecule has 100 valence electrons. The van der Waals surface area contributed by atoms with E-state index in [1.807, 2.05) is 11.3 Å². The molecule has 18 heavy (non-hydrogen) atoms. The van der Waals surface area contributed by atoms with Gasteiger partial charge in [0, 0.05) is 44.1 Å². The van der Waals surface area contributed by atoms with Crippen LogP contribution in [0.5, 0.6) is 0 Å². The average molecular weight is 268 g/mol. The van der Waals surface area contributed by atoms with E-state index in [0.717, 1.165) is 39.3 Å². The quantitative estimate of drug-likeness (QED) is 0.756. The summed E-state index contributed by atoms with van der Waals surface area (Å²) in [5.41, 5.74) is 0. The molecule has 0 bridgehead atoms. The van der Waals surface area contributed by atoms with Crippen molar-refractivity contribution in [2.75, 3.05) is 39.8 Å². The monoisotopic (exact) mass is 268 g/mol. The Morgan fingerprint density at radius 1 is 1.33 bits per heavy atom. The molecule has 0 amide bonds. The normalized spacial score (nSPS) is 17.8. The van der Waals surface area contributed by atoms with Crippen LogP contribution in [0.4, 0.5) is 0 Å². The lowest BCUT2D eigenvalue weighted by atomic mass is 10.3. The van der Waals surface area contributed by atoms with Crippen LogP contribution in [0.1, 0.15) is 11.3 Å². The topological polar surface area (TPSA) is 32.8 Å². The maximum Gasteiger partial charge on any atom is 0.306 e. The minimum absolute atomic E-state index is 0.115. The first-order valence-electron chi connectivity index (χ1n) is 6.32. The van der Waals surface area contributed by atoms with E-state index in [0.29, 0.717) is 6.42 Å². The summed E-state index contributed by atoms with van der Waals surface area (Å²) >= 11 is 1.82. The Bertz CT molecular complexity index is 359. The number of piperazine rings is 1. The molecule has 2 rings (SSSR count). The lowest BCUT2D eigenvalue weighted by molar-refractivity contribution is -0.141. The van der Waals surface area contributed by atoms with Crippen molar-refractivity contribution in [1.29, 1.82) is 0 Å². The van der Waals surface area contributed by atoms with E-state index >= 15 is 0 Å². The Hall–Kier alpha value is -0.910. The zero-order valence-corrected chi connectivity index (χ0v) is 11.6. The van der Waals surface area contributed by atoms with Crippen LogP contribution >= 0.6 is 11.3 Å². The van der Waals surface area contributed by atoms with Gasteiger partial charge in [-0.05, 0) is 11.4 Å². The third-order valence-electron chi connectivity index (χ3n) is 3.28. The number of methoxy groups -OCH3 is 1. The molecule has 4 nitrogen and oxygen atoms in total. The van der Waals surface area contributed by atoms with Gasteiger partial charge in [0.2, 0.25) is 0 Å². The largest absolute Gasteiger partial charge is 0.469 e. The molecule has 0 spiro atoms. The van der Waals surface area contributed by atoms with Crippen molar-refractivity contribution in [3.05, 3.63) is 22.4 Å². The van der Waals surface area contributed by atoms with Crippen molar-refractivity contribution in [2.45, 2.75) is 13.0 Å². The third kappa shape index (κ3) is 4.08. The highest BCUT2D eigenvalue weighted by Crippen LogP contribution is 2.13. The number of esters is 1. The number of carbonyl (C=O) groups excluding carboxylic acids is 1. The lowest BCUT2D eigenvalue weighted by Gasteiger charge is -2.34. The number of carbonyl (C=O) groups is 1. The Morgan fingerprint density at radius 3 is 2.67 bits per heavy atom. The van der Waals surface area contributed by atoms with E-state index in [-0.39, 0.29) is 5.97 Å². The molecule has 1 fully saturated rings. The fourth-order valence-electron chi connectivity index (χ4n) is 2.15. The summed E-state index contributed by atoms with van der Waals surface area (Å²) in [5.74, 6) is -0.115. The summed E-state index contributed by atoms with van der Waals surface area (Å²) in [5, 5.41) is 2.13. The fourth-order valence-corrected chi connectivity index (χ4v) is 2.89. The van der Waals surface area contributed by atoms with Crippen LogP contribution in [0.2, 0.25) is 0 Å². The van der Waals surface area contributed by atoms with E-state index in [4.69, 9.17) is 0 Å². The van der Waals surface area contributed by atoms with Crippen molar-refractivity contribution in [1.82, 2.24) is 9.80 Å². The standard InChI is InChI=1S/C13H20N2O2S/c1-17-13(16)4-5-14-6-8-15(9-7-14)11-12-3-2-10-18-12/h2-3,10H,4-9,11H2,1H3. The second-order valence-electron chi connectivity index (χ2n) is 4.52. The lowest BCUT2D eigenvalue weighted by Crippen LogP contribution is -2.46. The number of nitrogens with zero attached hydrogens (tertiary/aromatic N) is 2. The minimum Gasteiger partial charge on any atom is -0.469 e. The van der Waals surface area contributed by atoms with Crippen molar-refractivity contribution in [3.8, 4) is 0 Å². The SMILES string of the molecule is COC(=O)CCN1CCN(Cc2cccs2)CC1. The number of ether oxygens (including phenoxy) is 1. The molecule has 1 saturated heterocycles. The van der Waals surface area contributed by atoms with Gasteiger partial charge >= 0.3 is 5.97 Å². The molecule has 0 aromatic carbocycles. The maximum atomic E-state index is 11.1. The van der Waals surface area contributed by atoms with Crippen molar-refractivity contribution in [2.24, 2.45) is 0 Å². The highest BCUT2D eigenvalue weighted by Gasteiger charge is 2.17. The molecule has 1 aromatic heterocycles. The third-order valence-corrected chi connectivity index (χ3v) is 4.15. The zero-order chi connectivity index (χ0) is 12.8. The van der Waals surface area contributed by atoms with E-state index in [1.54, 1.807) is 0 Å². The van der Waals surface area contributed by atoms with Crippen LogP contribution in [0.15, 0.2) is 17.5 Å². The van der Waals surface area contributed by atoms with Crippen LogP contribution in [0, 0.1) is 0 Å². The van der Waals surface area contributed by atoms with Gasteiger partial charge in [0.05, 0.1) is 13.5 Å². The molecule has 0 saturated carbocycles. The van der Waals surface area contributed by atoms with Gasteiger partial charge < -0.3 is 9.64 Å². The fraction of sp³-hybridized carbons (Fsp3) is 0.615. The molecule has 0 aliphatic carbocycles. The second-order valence-corrected chi connectivity index (χ2v) is 5.56. The molecule has 1 aliphatic heterocycles. The zero-order valence-electron chi connectivity index (χ0n) is 10.8. The molecule has 0 atom stereocenters. The molecule has 1 aliphatic rings. The maximum absolute atomic E-state index is 11.1. The number of hydrogen-bond acceptors (Lipinski definition) is 5. The van der Waals surface area contributed by atoms with Gasteiger partial charge in [0.1, 0.15) is 0 Å². The Morgan fingerprint density at radius 2 is 2.06 bits per heavy atom. The van der Waals surface area contributed by atoms with Gasteiger partial charge in [-0.2, -0.15) is 0 Å². The highest BCUT2D eigenvalue weighted by molar-refractivity contribution is 7.09. The van der Waals surface area contributed by atoms with Crippen molar-refractivity contribution < 1.29 is 9.53 Å². The van der Waals surface area contributed by atoms with Crippen LogP contribution in [0.3, 0.4) is 0 Å². The number of rotatable bonds is 5. The van der Waals surface area contributed by atoms with Crippen LogP contribution in [0.25, 0.3) is 0 Å². The molecule has 5 heteroatoms. The summed E-state index contributed by atoms with van der Waals surface area (Å²) in [6.45, 7) is 6.13. The first-order chi connectivity index (χ1) is 8.78. The van der Waals surface area contributed by atoms with Gasteiger partial charge in [0.25, 0.3) is 0 Å². The number of thiophene rings is 1. The summed E-state index contributed by atoms with van der Waals surface area (Å²) < 4.78 is 4.66. The smallest absolute Gasteiger partial charge is 0.306 e. The van der Waals surface area contributed by atoms with Gasteiger partial charge in [-0.25, -0.2) is 0 Å². The second kappa shape index (κ2) is 6.87. The van der Waals surface area contributed by atoms with E-state index in [2.05, 4.69) is 32.0 Å². The van der Waals surface area contributed by atoms with Crippen LogP contribution in [-0.4, -0.2) is 55.6 Å². The molecular formula is C13H20N2O2S. The highest BCUT2D eigenvalue weighted by atomic mass is 32.1. The van der Waals surface area contributed by atoms with Crippen LogP contribution in [-0.2, 0) is 16.1 Å². The Balaban J connectivity index is 1.66. The first kappa shape index (κ1) is 13.5. The average Bonchev–Trinajstić information content (AvgIpc) is 2.90. The van der Waals surface area contributed by atoms with Crippen molar-refractivity contribution in [3.63, 3.8) is 0 Å². The summed E-state index contributed by atoms with van der Waals surface area (Å²) in [4.78, 5) is 17.3. The summed E-state index contributed by atoms with van der Waals surface area (Å²) in [6.07, 6.45) is 0.501. The molecule has 0 radical (unpaired) electrons.